The van der Waals surface area contributed by atoms with Crippen molar-refractivity contribution < 1.29 is 28.5 Å². The van der Waals surface area contributed by atoms with E-state index in [9.17, 15) is 4.79 Å². The van der Waals surface area contributed by atoms with Crippen molar-refractivity contribution in [2.24, 2.45) is 11.3 Å². The van der Waals surface area contributed by atoms with Gasteiger partial charge in [-0.15, -0.1) is 0 Å². The summed E-state index contributed by atoms with van der Waals surface area (Å²) in [4.78, 5) is 29.7. The third-order valence-electron chi connectivity index (χ3n) is 9.78. The second kappa shape index (κ2) is 9.76. The van der Waals surface area contributed by atoms with Crippen molar-refractivity contribution in [2.45, 2.75) is 24.2 Å². The molecule has 4 aromatic carbocycles. The number of carbonyl (C=O) groups is 2. The lowest BCUT2D eigenvalue weighted by Gasteiger charge is -2.38. The number of carbonyl (C=O) groups excluding carboxylic acids is 2. The molecule has 1 fully saturated rings. The Kier molecular flexibility index (Phi) is 6.12. The summed E-state index contributed by atoms with van der Waals surface area (Å²) in [5, 5.41) is 0. The predicted octanol–water partition coefficient (Wildman–Crippen LogP) is 6.62. The molecule has 0 bridgehead atoms. The molecule has 0 saturated heterocycles. The Morgan fingerprint density at radius 2 is 1.07 bits per heavy atom. The third kappa shape index (κ3) is 3.44. The highest BCUT2D eigenvalue weighted by molar-refractivity contribution is 6.11. The third-order valence-corrected chi connectivity index (χ3v) is 9.78. The van der Waals surface area contributed by atoms with Gasteiger partial charge in [0, 0.05) is 34.8 Å². The first-order chi connectivity index (χ1) is 20.5. The molecule has 3 aliphatic carbocycles. The Balaban J connectivity index is 1.54. The molecule has 5 atom stereocenters. The number of benzene rings is 4. The van der Waals surface area contributed by atoms with Crippen molar-refractivity contribution in [3.05, 3.63) is 118 Å². The van der Waals surface area contributed by atoms with Crippen molar-refractivity contribution in [1.29, 1.82) is 0 Å². The summed E-state index contributed by atoms with van der Waals surface area (Å²) in [6.07, 6.45) is 0.490. The van der Waals surface area contributed by atoms with Gasteiger partial charge in [-0.2, -0.15) is 0 Å². The highest BCUT2D eigenvalue weighted by Crippen LogP contribution is 2.73. The minimum absolute atomic E-state index is 0.0431. The van der Waals surface area contributed by atoms with E-state index in [1.54, 1.807) is 28.4 Å². The molecule has 0 heterocycles. The fourth-order valence-corrected chi connectivity index (χ4v) is 8.26. The van der Waals surface area contributed by atoms with Crippen LogP contribution >= 0.6 is 0 Å². The van der Waals surface area contributed by atoms with Gasteiger partial charge >= 0.3 is 0 Å². The zero-order valence-corrected chi connectivity index (χ0v) is 24.0. The summed E-state index contributed by atoms with van der Waals surface area (Å²) in [5.74, 6) is 0.993. The molecule has 0 aromatic heterocycles. The lowest BCUT2D eigenvalue weighted by atomic mass is 9.62. The topological polar surface area (TPSA) is 71.1 Å². The summed E-state index contributed by atoms with van der Waals surface area (Å²) < 4.78 is 22.6. The lowest BCUT2D eigenvalue weighted by Crippen LogP contribution is -2.38. The fraction of sp³-hybridized carbons (Fsp3) is 0.278. The number of Topliss-reactive ketones (excluding diaryl/α,β-unsaturated/α-hetero) is 2. The number of methoxy groups -OCH3 is 4. The quantitative estimate of drug-likeness (QED) is 0.264. The monoisotopic (exact) mass is 560 g/mol. The molecule has 1 spiro atoms. The van der Waals surface area contributed by atoms with Crippen LogP contribution in [0.2, 0.25) is 0 Å². The summed E-state index contributed by atoms with van der Waals surface area (Å²) in [7, 11) is 6.37. The second-order valence-electron chi connectivity index (χ2n) is 11.4. The Bertz CT molecular complexity index is 1710. The number of hydrogen-bond donors (Lipinski definition) is 0. The summed E-state index contributed by atoms with van der Waals surface area (Å²) in [5.41, 5.74) is 4.23. The van der Waals surface area contributed by atoms with Gasteiger partial charge in [0.15, 0.2) is 34.6 Å². The molecular weight excluding hydrogens is 528 g/mol. The molecule has 212 valence electrons. The van der Waals surface area contributed by atoms with Crippen LogP contribution in [-0.2, 0) is 6.42 Å². The number of ether oxygens (including phenoxy) is 4. The van der Waals surface area contributed by atoms with Crippen molar-refractivity contribution in [3.8, 4) is 23.0 Å². The van der Waals surface area contributed by atoms with Gasteiger partial charge in [-0.25, -0.2) is 0 Å². The maximum absolute atomic E-state index is 15.1. The van der Waals surface area contributed by atoms with Gasteiger partial charge in [0.25, 0.3) is 0 Å². The highest BCUT2D eigenvalue weighted by atomic mass is 16.5. The average molecular weight is 561 g/mol. The molecule has 3 aliphatic rings. The average Bonchev–Trinajstić information content (AvgIpc) is 3.60. The van der Waals surface area contributed by atoms with E-state index in [0.29, 0.717) is 40.5 Å². The van der Waals surface area contributed by atoms with Crippen LogP contribution in [0.1, 0.15) is 60.7 Å². The van der Waals surface area contributed by atoms with E-state index in [1.807, 2.05) is 60.7 Å². The van der Waals surface area contributed by atoms with Crippen molar-refractivity contribution in [1.82, 2.24) is 0 Å². The molecule has 0 unspecified atom stereocenters. The molecule has 7 rings (SSSR count). The van der Waals surface area contributed by atoms with E-state index in [0.717, 1.165) is 22.3 Å². The maximum atomic E-state index is 15.1. The first kappa shape index (κ1) is 26.3. The van der Waals surface area contributed by atoms with Gasteiger partial charge in [-0.1, -0.05) is 60.7 Å². The minimum atomic E-state index is -0.905. The van der Waals surface area contributed by atoms with Crippen molar-refractivity contribution in [2.75, 3.05) is 28.4 Å². The van der Waals surface area contributed by atoms with Gasteiger partial charge in [-0.3, -0.25) is 9.59 Å². The van der Waals surface area contributed by atoms with Crippen LogP contribution in [0.15, 0.2) is 84.9 Å². The van der Waals surface area contributed by atoms with E-state index < -0.39 is 11.3 Å². The zero-order chi connectivity index (χ0) is 29.2. The van der Waals surface area contributed by atoms with E-state index in [2.05, 4.69) is 24.3 Å². The van der Waals surface area contributed by atoms with Crippen LogP contribution < -0.4 is 18.9 Å². The number of ketones is 2. The Morgan fingerprint density at radius 1 is 0.595 bits per heavy atom. The van der Waals surface area contributed by atoms with E-state index in [1.165, 1.54) is 0 Å². The Labute approximate surface area is 245 Å². The second-order valence-corrected chi connectivity index (χ2v) is 11.4. The SMILES string of the molecule is COc1cc2c(cc1OC)C(=O)[C@@]1(C2)[C@H](c2ccccc2)[C@H]2C(=O)c3cc(OC)c(OC)cc3[C@H]2[C@H]1c1ccccc1. The largest absolute Gasteiger partial charge is 0.493 e. The number of fused-ring (bicyclic) bond motifs is 4. The first-order valence-electron chi connectivity index (χ1n) is 14.2. The van der Waals surface area contributed by atoms with Crippen LogP contribution in [-0.4, -0.2) is 40.0 Å². The smallest absolute Gasteiger partial charge is 0.171 e. The summed E-state index contributed by atoms with van der Waals surface area (Å²) >= 11 is 0. The first-order valence-corrected chi connectivity index (χ1v) is 14.2. The van der Waals surface area contributed by atoms with Gasteiger partial charge in [0.1, 0.15) is 0 Å². The van der Waals surface area contributed by atoms with E-state index in [-0.39, 0.29) is 29.3 Å². The molecule has 1 saturated carbocycles. The molecule has 0 aliphatic heterocycles. The van der Waals surface area contributed by atoms with Gasteiger partial charge in [-0.05, 0) is 52.9 Å². The fourth-order valence-electron chi connectivity index (χ4n) is 8.26. The van der Waals surface area contributed by atoms with Gasteiger partial charge in [0.05, 0.1) is 33.9 Å². The van der Waals surface area contributed by atoms with Crippen molar-refractivity contribution >= 4 is 11.6 Å². The maximum Gasteiger partial charge on any atom is 0.171 e. The van der Waals surface area contributed by atoms with E-state index >= 15 is 4.79 Å². The number of rotatable bonds is 6. The minimum Gasteiger partial charge on any atom is -0.493 e. The normalized spacial score (nSPS) is 25.2. The summed E-state index contributed by atoms with van der Waals surface area (Å²) in [6, 6.07) is 27.8. The van der Waals surface area contributed by atoms with Crippen LogP contribution in [0, 0.1) is 11.3 Å². The van der Waals surface area contributed by atoms with Crippen LogP contribution in [0.5, 0.6) is 23.0 Å². The van der Waals surface area contributed by atoms with Crippen LogP contribution in [0.25, 0.3) is 0 Å². The van der Waals surface area contributed by atoms with E-state index in [4.69, 9.17) is 18.9 Å². The Morgan fingerprint density at radius 3 is 1.62 bits per heavy atom. The molecule has 6 nitrogen and oxygen atoms in total. The predicted molar refractivity (Wildman–Crippen MR) is 158 cm³/mol. The van der Waals surface area contributed by atoms with Crippen molar-refractivity contribution in [3.63, 3.8) is 0 Å². The zero-order valence-electron chi connectivity index (χ0n) is 24.0. The molecule has 0 N–H and O–H groups in total. The van der Waals surface area contributed by atoms with Gasteiger partial charge in [0.2, 0.25) is 0 Å². The molecular formula is C36H32O6. The highest BCUT2D eigenvalue weighted by Gasteiger charge is 2.70. The molecule has 0 radical (unpaired) electrons. The Hall–Kier alpha value is -4.58. The molecule has 0 amide bonds. The van der Waals surface area contributed by atoms with Crippen LogP contribution in [0.3, 0.4) is 0 Å². The van der Waals surface area contributed by atoms with Crippen LogP contribution in [0.4, 0.5) is 0 Å². The van der Waals surface area contributed by atoms with Gasteiger partial charge < -0.3 is 18.9 Å². The summed E-state index contributed by atoms with van der Waals surface area (Å²) in [6.45, 7) is 0. The number of hydrogen-bond acceptors (Lipinski definition) is 6. The molecule has 4 aromatic rings. The molecule has 6 heteroatoms. The lowest BCUT2D eigenvalue weighted by molar-refractivity contribution is 0.0745. The molecule has 42 heavy (non-hydrogen) atoms. The standard InChI is InChI=1S/C36H32O6/c1-39-26-15-22-19-36(35(38)23(22)16-27(26)40-2)32(20-11-7-5-8-12-20)30-24-17-28(41-3)29(42-4)18-25(24)34(37)31(30)33(36)21-13-9-6-10-14-21/h5-18,30-33H,19H2,1-4H3/t30-,31+,32-,33-,36-/m1/s1.